The average Bonchev–Trinajstić information content (AvgIpc) is 3.05. The van der Waals surface area contributed by atoms with E-state index >= 15 is 0 Å². The molecule has 5 rings (SSSR count). The van der Waals surface area contributed by atoms with Gasteiger partial charge in [0.25, 0.3) is 5.91 Å². The maximum absolute atomic E-state index is 13.7. The smallest absolute Gasteiger partial charge is 0.251 e. The lowest BCUT2D eigenvalue weighted by Gasteiger charge is -2.16. The minimum atomic E-state index is -0.590. The molecule has 0 bridgehead atoms. The number of ether oxygens (including phenoxy) is 2. The van der Waals surface area contributed by atoms with E-state index in [1.54, 1.807) is 6.07 Å². The van der Waals surface area contributed by atoms with Gasteiger partial charge < -0.3 is 14.8 Å². The van der Waals surface area contributed by atoms with Gasteiger partial charge in [-0.3, -0.25) is 4.79 Å². The standard InChI is InChI=1S/C21H19BrFNO3/c22-16-7-12(21(25)24-19-14-9-26-10-15(14)19)6-13-18(11-4-2-1-3-5-11)17(8-23)27-20(13)16/h1-7,14-15,17-19H,8-10H2,(H,24,25). The maximum Gasteiger partial charge on any atom is 0.251 e. The van der Waals surface area contributed by atoms with Crippen molar-refractivity contribution < 1.29 is 18.7 Å². The molecule has 4 unspecified atom stereocenters. The fourth-order valence-electron chi connectivity index (χ4n) is 4.38. The molecule has 0 radical (unpaired) electrons. The minimum absolute atomic E-state index is 0.103. The van der Waals surface area contributed by atoms with E-state index in [9.17, 15) is 9.18 Å². The number of carbonyl (C=O) groups excluding carboxylic acids is 1. The highest BCUT2D eigenvalue weighted by Crippen LogP contribution is 2.47. The van der Waals surface area contributed by atoms with Crippen LogP contribution in [-0.4, -0.2) is 37.9 Å². The number of amides is 1. The molecule has 1 N–H and O–H groups in total. The van der Waals surface area contributed by atoms with Crippen LogP contribution in [0.15, 0.2) is 46.9 Å². The van der Waals surface area contributed by atoms with Crippen molar-refractivity contribution in [2.75, 3.05) is 19.9 Å². The monoisotopic (exact) mass is 431 g/mol. The lowest BCUT2D eigenvalue weighted by molar-refractivity contribution is 0.0929. The van der Waals surface area contributed by atoms with E-state index in [4.69, 9.17) is 9.47 Å². The van der Waals surface area contributed by atoms with Gasteiger partial charge in [-0.05, 0) is 33.6 Å². The number of rotatable bonds is 4. The highest BCUT2D eigenvalue weighted by Gasteiger charge is 2.54. The molecule has 1 aliphatic carbocycles. The maximum atomic E-state index is 13.7. The highest BCUT2D eigenvalue weighted by molar-refractivity contribution is 9.10. The summed E-state index contributed by atoms with van der Waals surface area (Å²) in [5.74, 6) is 1.18. The zero-order chi connectivity index (χ0) is 18.5. The second-order valence-electron chi connectivity index (χ2n) is 7.44. The minimum Gasteiger partial charge on any atom is -0.485 e. The lowest BCUT2D eigenvalue weighted by Crippen LogP contribution is -2.30. The average molecular weight is 432 g/mol. The fraction of sp³-hybridized carbons (Fsp3) is 0.381. The van der Waals surface area contributed by atoms with Crippen molar-refractivity contribution in [1.29, 1.82) is 0 Å². The third-order valence-electron chi connectivity index (χ3n) is 5.87. The van der Waals surface area contributed by atoms with Crippen molar-refractivity contribution in [3.8, 4) is 5.75 Å². The number of alkyl halides is 1. The molecule has 2 aromatic carbocycles. The topological polar surface area (TPSA) is 47.6 Å². The van der Waals surface area contributed by atoms with E-state index in [0.717, 1.165) is 24.3 Å². The molecule has 140 valence electrons. The molecule has 4 atom stereocenters. The third kappa shape index (κ3) is 2.86. The van der Waals surface area contributed by atoms with Crippen LogP contribution < -0.4 is 10.1 Å². The van der Waals surface area contributed by atoms with Crippen LogP contribution in [0.4, 0.5) is 4.39 Å². The van der Waals surface area contributed by atoms with Crippen molar-refractivity contribution in [1.82, 2.24) is 5.32 Å². The van der Waals surface area contributed by atoms with Crippen LogP contribution in [0.5, 0.6) is 5.75 Å². The van der Waals surface area contributed by atoms with Crippen LogP contribution in [-0.2, 0) is 4.74 Å². The number of hydrogen-bond acceptors (Lipinski definition) is 3. The molecule has 2 heterocycles. The van der Waals surface area contributed by atoms with Gasteiger partial charge in [0.2, 0.25) is 0 Å². The number of halogens is 2. The van der Waals surface area contributed by atoms with Crippen LogP contribution in [0.2, 0.25) is 0 Å². The molecule has 0 spiro atoms. The Morgan fingerprint density at radius 1 is 1.19 bits per heavy atom. The summed E-state index contributed by atoms with van der Waals surface area (Å²) in [6.45, 7) is 0.866. The number of benzene rings is 2. The fourth-order valence-corrected chi connectivity index (χ4v) is 4.95. The Morgan fingerprint density at radius 2 is 1.93 bits per heavy atom. The predicted octanol–water partition coefficient (Wildman–Crippen LogP) is 3.69. The van der Waals surface area contributed by atoms with Crippen LogP contribution in [0.3, 0.4) is 0 Å². The van der Waals surface area contributed by atoms with Crippen molar-refractivity contribution in [3.63, 3.8) is 0 Å². The van der Waals surface area contributed by atoms with Crippen molar-refractivity contribution in [2.45, 2.75) is 18.1 Å². The largest absolute Gasteiger partial charge is 0.485 e. The lowest BCUT2D eigenvalue weighted by atomic mass is 9.88. The molecular formula is C21H19BrFNO3. The second kappa shape index (κ2) is 6.60. The first kappa shape index (κ1) is 17.2. The summed E-state index contributed by atoms with van der Waals surface area (Å²) >= 11 is 3.51. The van der Waals surface area contributed by atoms with Gasteiger partial charge in [0.1, 0.15) is 18.5 Å². The number of hydrogen-bond donors (Lipinski definition) is 1. The Hall–Kier alpha value is -1.92. The first-order valence-corrected chi connectivity index (χ1v) is 9.96. The van der Waals surface area contributed by atoms with Gasteiger partial charge in [0.05, 0.1) is 23.6 Å². The van der Waals surface area contributed by atoms with Crippen LogP contribution in [0.25, 0.3) is 0 Å². The number of nitrogens with one attached hydrogen (secondary N) is 1. The number of fused-ring (bicyclic) bond motifs is 2. The normalized spacial score (nSPS) is 30.4. The first-order chi connectivity index (χ1) is 13.2. The Labute approximate surface area is 165 Å². The second-order valence-corrected chi connectivity index (χ2v) is 8.29. The van der Waals surface area contributed by atoms with Gasteiger partial charge in [-0.25, -0.2) is 4.39 Å². The van der Waals surface area contributed by atoms with Gasteiger partial charge in [0, 0.05) is 29.0 Å². The number of carbonyl (C=O) groups is 1. The SMILES string of the molecule is O=C(NC1C2COCC21)c1cc(Br)c2c(c1)C(c1ccccc1)C(CF)O2. The molecule has 6 heteroatoms. The molecule has 27 heavy (non-hydrogen) atoms. The molecule has 2 aliphatic heterocycles. The van der Waals surface area contributed by atoms with Crippen LogP contribution in [0.1, 0.15) is 27.4 Å². The van der Waals surface area contributed by atoms with Crippen molar-refractivity contribution in [2.24, 2.45) is 11.8 Å². The summed E-state index contributed by atoms with van der Waals surface area (Å²) in [7, 11) is 0. The first-order valence-electron chi connectivity index (χ1n) is 9.17. The molecule has 2 fully saturated rings. The van der Waals surface area contributed by atoms with Gasteiger partial charge in [0.15, 0.2) is 0 Å². The Kier molecular flexibility index (Phi) is 4.20. The summed E-state index contributed by atoms with van der Waals surface area (Å²) < 4.78 is 25.6. The molecule has 1 saturated heterocycles. The summed E-state index contributed by atoms with van der Waals surface area (Å²) in [6, 6.07) is 13.5. The molecule has 1 amide bonds. The molecule has 0 aromatic heterocycles. The quantitative estimate of drug-likeness (QED) is 0.802. The van der Waals surface area contributed by atoms with E-state index in [1.807, 2.05) is 36.4 Å². The van der Waals surface area contributed by atoms with Gasteiger partial charge in [-0.15, -0.1) is 0 Å². The molecular weight excluding hydrogens is 413 g/mol. The molecule has 4 nitrogen and oxygen atoms in total. The van der Waals surface area contributed by atoms with Crippen molar-refractivity contribution >= 4 is 21.8 Å². The molecule has 2 aromatic rings. The van der Waals surface area contributed by atoms with Crippen molar-refractivity contribution in [3.05, 3.63) is 63.6 Å². The van der Waals surface area contributed by atoms with Gasteiger partial charge in [-0.2, -0.15) is 0 Å². The molecule has 1 saturated carbocycles. The van der Waals surface area contributed by atoms with E-state index in [2.05, 4.69) is 21.2 Å². The Morgan fingerprint density at radius 3 is 2.63 bits per heavy atom. The zero-order valence-electron chi connectivity index (χ0n) is 14.5. The zero-order valence-corrected chi connectivity index (χ0v) is 16.1. The summed E-state index contributed by atoms with van der Waals surface area (Å²) in [5, 5.41) is 3.12. The Balaban J connectivity index is 1.46. The van der Waals surface area contributed by atoms with Crippen LogP contribution in [0, 0.1) is 11.8 Å². The Bertz CT molecular complexity index is 880. The van der Waals surface area contributed by atoms with E-state index in [-0.39, 0.29) is 17.9 Å². The van der Waals surface area contributed by atoms with E-state index in [1.165, 1.54) is 0 Å². The van der Waals surface area contributed by atoms with Crippen LogP contribution >= 0.6 is 15.9 Å². The third-order valence-corrected chi connectivity index (χ3v) is 6.46. The van der Waals surface area contributed by atoms with Gasteiger partial charge in [-0.1, -0.05) is 30.3 Å². The van der Waals surface area contributed by atoms with Gasteiger partial charge >= 0.3 is 0 Å². The highest BCUT2D eigenvalue weighted by atomic mass is 79.9. The van der Waals surface area contributed by atoms with E-state index in [0.29, 0.717) is 27.6 Å². The predicted molar refractivity (Wildman–Crippen MR) is 102 cm³/mol. The summed E-state index contributed by atoms with van der Waals surface area (Å²) in [6.07, 6.45) is -0.586. The summed E-state index contributed by atoms with van der Waals surface area (Å²) in [4.78, 5) is 12.8. The van der Waals surface area contributed by atoms with E-state index < -0.39 is 12.8 Å². The molecule has 3 aliphatic rings. The summed E-state index contributed by atoms with van der Waals surface area (Å²) in [5.41, 5.74) is 2.40.